The lowest BCUT2D eigenvalue weighted by molar-refractivity contribution is 0.149. The SMILES string of the molecule is C=C(N1CCN(C)CC1)C(C)(C)CC(C)C. The molecule has 1 saturated heterocycles. The molecule has 1 fully saturated rings. The minimum Gasteiger partial charge on any atom is -0.372 e. The van der Waals surface area contributed by atoms with Gasteiger partial charge in [-0.1, -0.05) is 34.3 Å². The van der Waals surface area contributed by atoms with E-state index in [4.69, 9.17) is 0 Å². The number of likely N-dealkylation sites (N-methyl/N-ethyl adjacent to an activating group) is 1. The molecule has 16 heavy (non-hydrogen) atoms. The van der Waals surface area contributed by atoms with Crippen LogP contribution in [0.1, 0.15) is 34.1 Å². The van der Waals surface area contributed by atoms with E-state index in [1.807, 2.05) is 0 Å². The van der Waals surface area contributed by atoms with Crippen LogP contribution < -0.4 is 0 Å². The van der Waals surface area contributed by atoms with E-state index in [2.05, 4.69) is 51.1 Å². The molecule has 0 N–H and O–H groups in total. The lowest BCUT2D eigenvalue weighted by atomic mass is 9.80. The predicted octanol–water partition coefficient (Wildman–Crippen LogP) is 2.82. The number of rotatable bonds is 4. The highest BCUT2D eigenvalue weighted by Crippen LogP contribution is 2.34. The summed E-state index contributed by atoms with van der Waals surface area (Å²) in [5.41, 5.74) is 1.57. The molecule has 1 heterocycles. The molecule has 94 valence electrons. The third kappa shape index (κ3) is 3.51. The highest BCUT2D eigenvalue weighted by Gasteiger charge is 2.28. The van der Waals surface area contributed by atoms with Crippen molar-refractivity contribution in [1.82, 2.24) is 9.80 Å². The van der Waals surface area contributed by atoms with Crippen LogP contribution in [0, 0.1) is 11.3 Å². The van der Waals surface area contributed by atoms with Gasteiger partial charge in [0.15, 0.2) is 0 Å². The smallest absolute Gasteiger partial charge is 0.0303 e. The van der Waals surface area contributed by atoms with Crippen LogP contribution in [0.3, 0.4) is 0 Å². The van der Waals surface area contributed by atoms with E-state index in [9.17, 15) is 0 Å². The summed E-state index contributed by atoms with van der Waals surface area (Å²) in [7, 11) is 2.19. The van der Waals surface area contributed by atoms with Crippen LogP contribution in [0.4, 0.5) is 0 Å². The van der Waals surface area contributed by atoms with E-state index in [0.29, 0.717) is 0 Å². The largest absolute Gasteiger partial charge is 0.372 e. The fraction of sp³-hybridized carbons (Fsp3) is 0.857. The normalized spacial score (nSPS) is 19.2. The van der Waals surface area contributed by atoms with Crippen LogP contribution >= 0.6 is 0 Å². The molecule has 2 nitrogen and oxygen atoms in total. The monoisotopic (exact) mass is 224 g/mol. The van der Waals surface area contributed by atoms with Crippen molar-refractivity contribution in [1.29, 1.82) is 0 Å². The molecule has 2 heteroatoms. The summed E-state index contributed by atoms with van der Waals surface area (Å²) in [6.45, 7) is 18.2. The van der Waals surface area contributed by atoms with Gasteiger partial charge in [0, 0.05) is 37.3 Å². The Labute approximate surface area is 101 Å². The van der Waals surface area contributed by atoms with Crippen LogP contribution in [0.5, 0.6) is 0 Å². The molecule has 0 unspecified atom stereocenters. The first-order chi connectivity index (χ1) is 7.33. The minimum absolute atomic E-state index is 0.240. The van der Waals surface area contributed by atoms with E-state index >= 15 is 0 Å². The van der Waals surface area contributed by atoms with Gasteiger partial charge in [-0.3, -0.25) is 0 Å². The third-order valence-corrected chi connectivity index (χ3v) is 3.58. The van der Waals surface area contributed by atoms with E-state index < -0.39 is 0 Å². The first-order valence-corrected chi connectivity index (χ1v) is 6.46. The zero-order chi connectivity index (χ0) is 12.3. The molecule has 0 amide bonds. The van der Waals surface area contributed by atoms with Crippen molar-refractivity contribution in [2.45, 2.75) is 34.1 Å². The molecule has 0 aliphatic carbocycles. The quantitative estimate of drug-likeness (QED) is 0.724. The molecule has 0 bridgehead atoms. The molecule has 1 aliphatic heterocycles. The van der Waals surface area contributed by atoms with Crippen molar-refractivity contribution in [2.75, 3.05) is 33.2 Å². The molecular weight excluding hydrogens is 196 g/mol. The Morgan fingerprint density at radius 1 is 1.19 bits per heavy atom. The molecule has 0 aromatic heterocycles. The Balaban J connectivity index is 2.56. The zero-order valence-corrected chi connectivity index (χ0v) is 11.7. The zero-order valence-electron chi connectivity index (χ0n) is 11.7. The number of piperazine rings is 1. The fourth-order valence-electron chi connectivity index (χ4n) is 2.64. The Hall–Kier alpha value is -0.500. The average Bonchev–Trinajstić information content (AvgIpc) is 2.16. The molecule has 0 aromatic rings. The first kappa shape index (κ1) is 13.6. The molecule has 1 aliphatic rings. The second-order valence-corrected chi connectivity index (χ2v) is 6.22. The highest BCUT2D eigenvalue weighted by atomic mass is 15.3. The summed E-state index contributed by atoms with van der Waals surface area (Å²) in [4.78, 5) is 4.86. The average molecular weight is 224 g/mol. The Morgan fingerprint density at radius 2 is 1.69 bits per heavy atom. The predicted molar refractivity (Wildman–Crippen MR) is 71.4 cm³/mol. The number of hydrogen-bond donors (Lipinski definition) is 0. The topological polar surface area (TPSA) is 6.48 Å². The van der Waals surface area contributed by atoms with Crippen molar-refractivity contribution in [3.63, 3.8) is 0 Å². The maximum absolute atomic E-state index is 4.34. The lowest BCUT2D eigenvalue weighted by Gasteiger charge is -2.41. The maximum atomic E-state index is 4.34. The van der Waals surface area contributed by atoms with Gasteiger partial charge >= 0.3 is 0 Å². The minimum atomic E-state index is 0.240. The van der Waals surface area contributed by atoms with Gasteiger partial charge in [-0.15, -0.1) is 0 Å². The second-order valence-electron chi connectivity index (χ2n) is 6.22. The fourth-order valence-corrected chi connectivity index (χ4v) is 2.64. The Bertz CT molecular complexity index is 235. The van der Waals surface area contributed by atoms with Gasteiger partial charge in [0.2, 0.25) is 0 Å². The summed E-state index contributed by atoms with van der Waals surface area (Å²) in [6.07, 6.45) is 1.22. The Morgan fingerprint density at radius 3 is 2.12 bits per heavy atom. The van der Waals surface area contributed by atoms with Gasteiger partial charge in [-0.25, -0.2) is 0 Å². The molecule has 0 atom stereocenters. The van der Waals surface area contributed by atoms with Crippen LogP contribution in [0.25, 0.3) is 0 Å². The molecule has 0 spiro atoms. The standard InChI is InChI=1S/C14H28N2/c1-12(2)11-14(4,5)13(3)16-9-7-15(6)8-10-16/h12H,3,7-11H2,1-2,4-6H3. The molecule has 0 saturated carbocycles. The van der Waals surface area contributed by atoms with Crippen molar-refractivity contribution in [3.8, 4) is 0 Å². The number of allylic oxidation sites excluding steroid dienone is 1. The van der Waals surface area contributed by atoms with Crippen LogP contribution in [-0.2, 0) is 0 Å². The van der Waals surface area contributed by atoms with Gasteiger partial charge in [0.05, 0.1) is 0 Å². The van der Waals surface area contributed by atoms with Gasteiger partial charge < -0.3 is 9.80 Å². The summed E-state index contributed by atoms with van der Waals surface area (Å²) in [6, 6.07) is 0. The summed E-state index contributed by atoms with van der Waals surface area (Å²) >= 11 is 0. The lowest BCUT2D eigenvalue weighted by Crippen LogP contribution is -2.46. The van der Waals surface area contributed by atoms with Gasteiger partial charge in [-0.05, 0) is 19.4 Å². The van der Waals surface area contributed by atoms with E-state index in [-0.39, 0.29) is 5.41 Å². The van der Waals surface area contributed by atoms with Crippen molar-refractivity contribution in [2.24, 2.45) is 11.3 Å². The van der Waals surface area contributed by atoms with Crippen LogP contribution in [0.15, 0.2) is 12.3 Å². The maximum Gasteiger partial charge on any atom is 0.0303 e. The Kier molecular flexibility index (Phi) is 4.43. The van der Waals surface area contributed by atoms with E-state index in [1.165, 1.54) is 12.1 Å². The van der Waals surface area contributed by atoms with E-state index in [1.54, 1.807) is 0 Å². The summed E-state index contributed by atoms with van der Waals surface area (Å²) < 4.78 is 0. The molecule has 1 rings (SSSR count). The van der Waals surface area contributed by atoms with Crippen LogP contribution in [0.2, 0.25) is 0 Å². The summed E-state index contributed by atoms with van der Waals surface area (Å²) in [5.74, 6) is 0.735. The van der Waals surface area contributed by atoms with Crippen LogP contribution in [-0.4, -0.2) is 43.0 Å². The van der Waals surface area contributed by atoms with Gasteiger partial charge in [-0.2, -0.15) is 0 Å². The number of hydrogen-bond acceptors (Lipinski definition) is 2. The molecule has 0 radical (unpaired) electrons. The molecular formula is C14H28N2. The van der Waals surface area contributed by atoms with Gasteiger partial charge in [0.1, 0.15) is 0 Å². The van der Waals surface area contributed by atoms with Crippen molar-refractivity contribution in [3.05, 3.63) is 12.3 Å². The van der Waals surface area contributed by atoms with E-state index in [0.717, 1.165) is 32.1 Å². The third-order valence-electron chi connectivity index (χ3n) is 3.58. The van der Waals surface area contributed by atoms with Gasteiger partial charge in [0.25, 0.3) is 0 Å². The van der Waals surface area contributed by atoms with Crippen molar-refractivity contribution >= 4 is 0 Å². The number of nitrogens with zero attached hydrogens (tertiary/aromatic N) is 2. The summed E-state index contributed by atoms with van der Waals surface area (Å²) in [5, 5.41) is 0. The first-order valence-electron chi connectivity index (χ1n) is 6.46. The molecule has 0 aromatic carbocycles. The highest BCUT2D eigenvalue weighted by molar-refractivity contribution is 5.07. The van der Waals surface area contributed by atoms with Crippen molar-refractivity contribution < 1.29 is 0 Å². The second kappa shape index (κ2) is 5.22.